The number of hydrogen-bond donors (Lipinski definition) is 0. The Bertz CT molecular complexity index is 1200. The van der Waals surface area contributed by atoms with E-state index in [4.69, 9.17) is 16.3 Å². The second-order valence-electron chi connectivity index (χ2n) is 7.59. The van der Waals surface area contributed by atoms with Gasteiger partial charge in [-0.1, -0.05) is 54.9 Å². The van der Waals surface area contributed by atoms with Crippen molar-refractivity contribution in [2.75, 3.05) is 6.61 Å². The van der Waals surface area contributed by atoms with Gasteiger partial charge in [-0.15, -0.1) is 0 Å². The molecule has 0 aliphatic rings. The third-order valence-corrected chi connectivity index (χ3v) is 5.61. The Labute approximate surface area is 186 Å². The summed E-state index contributed by atoms with van der Waals surface area (Å²) >= 11 is 5.92. The van der Waals surface area contributed by atoms with Crippen LogP contribution in [0.15, 0.2) is 72.8 Å². The number of ether oxygens (including phenoxy) is 1. The molecule has 0 aromatic heterocycles. The van der Waals surface area contributed by atoms with Gasteiger partial charge in [-0.25, -0.2) is 8.78 Å². The van der Waals surface area contributed by atoms with E-state index in [2.05, 4.69) is 0 Å². The van der Waals surface area contributed by atoms with Crippen LogP contribution >= 0.6 is 11.6 Å². The van der Waals surface area contributed by atoms with Gasteiger partial charge in [-0.2, -0.15) is 0 Å². The van der Waals surface area contributed by atoms with Crippen molar-refractivity contribution < 1.29 is 13.5 Å². The normalized spacial score (nSPS) is 11.1. The van der Waals surface area contributed by atoms with E-state index in [9.17, 15) is 4.39 Å². The van der Waals surface area contributed by atoms with Crippen molar-refractivity contribution >= 4 is 22.4 Å². The van der Waals surface area contributed by atoms with Crippen LogP contribution in [-0.4, -0.2) is 6.61 Å². The summed E-state index contributed by atoms with van der Waals surface area (Å²) in [5.74, 6) is -0.0601. The van der Waals surface area contributed by atoms with Gasteiger partial charge in [0.1, 0.15) is 17.4 Å². The molecule has 0 N–H and O–H groups in total. The summed E-state index contributed by atoms with van der Waals surface area (Å²) in [4.78, 5) is 0. The van der Waals surface area contributed by atoms with E-state index in [0.29, 0.717) is 45.9 Å². The molecule has 31 heavy (non-hydrogen) atoms. The highest BCUT2D eigenvalue weighted by Crippen LogP contribution is 2.31. The molecule has 0 spiro atoms. The van der Waals surface area contributed by atoms with Gasteiger partial charge in [0.15, 0.2) is 0 Å². The zero-order chi connectivity index (χ0) is 21.8. The molecule has 0 aliphatic heterocycles. The molecule has 1 nitrogen and oxygen atoms in total. The Kier molecular flexibility index (Phi) is 6.53. The first-order valence-corrected chi connectivity index (χ1v) is 10.8. The smallest absolute Gasteiger partial charge is 0.134 e. The summed E-state index contributed by atoms with van der Waals surface area (Å²) in [6.07, 6.45) is 2.19. The second-order valence-corrected chi connectivity index (χ2v) is 8.03. The van der Waals surface area contributed by atoms with Gasteiger partial charge < -0.3 is 4.74 Å². The predicted octanol–water partition coefficient (Wildman–Crippen LogP) is 8.01. The maximum Gasteiger partial charge on any atom is 0.134 e. The average Bonchev–Trinajstić information content (AvgIpc) is 2.78. The summed E-state index contributed by atoms with van der Waals surface area (Å²) in [6, 6.07) is 21.5. The fraction of sp³-hybridized carbons (Fsp3) is 0.185. The van der Waals surface area contributed by atoms with Crippen molar-refractivity contribution in [3.63, 3.8) is 0 Å². The van der Waals surface area contributed by atoms with E-state index < -0.39 is 0 Å². The Morgan fingerprint density at radius 2 is 1.65 bits per heavy atom. The number of benzene rings is 4. The van der Waals surface area contributed by atoms with Crippen LogP contribution in [0.2, 0.25) is 5.02 Å². The number of aryl methyl sites for hydroxylation is 2. The van der Waals surface area contributed by atoms with E-state index in [1.54, 1.807) is 24.3 Å². The van der Waals surface area contributed by atoms with Crippen LogP contribution in [0.3, 0.4) is 0 Å². The van der Waals surface area contributed by atoms with Gasteiger partial charge in [0.2, 0.25) is 0 Å². The molecule has 0 amide bonds. The Balaban J connectivity index is 1.57. The zero-order valence-electron chi connectivity index (χ0n) is 17.3. The summed E-state index contributed by atoms with van der Waals surface area (Å²) in [6.45, 7) is 2.55. The third kappa shape index (κ3) is 4.88. The highest BCUT2D eigenvalue weighted by Gasteiger charge is 2.11. The first kappa shape index (κ1) is 21.3. The lowest BCUT2D eigenvalue weighted by Gasteiger charge is -2.11. The number of halogens is 3. The number of fused-ring (bicyclic) bond motifs is 1. The highest BCUT2D eigenvalue weighted by molar-refractivity contribution is 6.30. The summed E-state index contributed by atoms with van der Waals surface area (Å²) in [5, 5.41) is 1.98. The topological polar surface area (TPSA) is 9.23 Å². The molecular formula is C27H23ClF2O. The van der Waals surface area contributed by atoms with E-state index in [1.165, 1.54) is 6.07 Å². The molecule has 0 aliphatic carbocycles. The fourth-order valence-corrected chi connectivity index (χ4v) is 3.79. The second kappa shape index (κ2) is 9.49. The number of rotatable bonds is 7. The Morgan fingerprint density at radius 1 is 0.839 bits per heavy atom. The standard InChI is InChI=1S/C27H23ClF2O/c1-2-15-31-23-12-14-24(26(29)17-23)20-9-13-25-21(16-20)8-7-19(27(25)30)6-3-18-4-10-22(28)11-5-18/h4-5,7-14,16-17H,2-3,6,15H2,1H3. The molecule has 158 valence electrons. The maximum absolute atomic E-state index is 15.1. The van der Waals surface area contributed by atoms with Crippen LogP contribution in [0.4, 0.5) is 8.78 Å². The third-order valence-electron chi connectivity index (χ3n) is 5.35. The molecule has 0 bridgehead atoms. The van der Waals surface area contributed by atoms with Crippen molar-refractivity contribution in [1.82, 2.24) is 0 Å². The van der Waals surface area contributed by atoms with Crippen LogP contribution in [0.5, 0.6) is 5.75 Å². The van der Waals surface area contributed by atoms with Crippen LogP contribution in [-0.2, 0) is 12.8 Å². The predicted molar refractivity (Wildman–Crippen MR) is 124 cm³/mol. The van der Waals surface area contributed by atoms with Crippen LogP contribution in [0, 0.1) is 11.6 Å². The molecule has 4 rings (SSSR count). The summed E-state index contributed by atoms with van der Waals surface area (Å²) < 4.78 is 35.2. The molecule has 0 saturated carbocycles. The lowest BCUT2D eigenvalue weighted by molar-refractivity contribution is 0.316. The molecule has 4 heteroatoms. The largest absolute Gasteiger partial charge is 0.494 e. The van der Waals surface area contributed by atoms with Crippen molar-refractivity contribution in [1.29, 1.82) is 0 Å². The van der Waals surface area contributed by atoms with Crippen molar-refractivity contribution in [2.24, 2.45) is 0 Å². The van der Waals surface area contributed by atoms with Crippen molar-refractivity contribution in [3.05, 3.63) is 101 Å². The van der Waals surface area contributed by atoms with Crippen LogP contribution in [0.1, 0.15) is 24.5 Å². The molecular weight excluding hydrogens is 414 g/mol. The number of hydrogen-bond acceptors (Lipinski definition) is 1. The van der Waals surface area contributed by atoms with Gasteiger partial charge in [0.25, 0.3) is 0 Å². The fourth-order valence-electron chi connectivity index (χ4n) is 3.67. The van der Waals surface area contributed by atoms with Crippen molar-refractivity contribution in [2.45, 2.75) is 26.2 Å². The van der Waals surface area contributed by atoms with Crippen molar-refractivity contribution in [3.8, 4) is 16.9 Å². The molecule has 0 saturated heterocycles. The molecule has 0 heterocycles. The van der Waals surface area contributed by atoms with Gasteiger partial charge in [-0.3, -0.25) is 0 Å². The van der Waals surface area contributed by atoms with Crippen LogP contribution < -0.4 is 4.74 Å². The minimum atomic E-state index is -0.354. The summed E-state index contributed by atoms with van der Waals surface area (Å²) in [7, 11) is 0. The van der Waals surface area contributed by atoms with E-state index >= 15 is 4.39 Å². The van der Waals surface area contributed by atoms with Gasteiger partial charge in [-0.05, 0) is 71.7 Å². The van der Waals surface area contributed by atoms with E-state index in [1.807, 2.05) is 49.4 Å². The SMILES string of the molecule is CCCOc1ccc(-c2ccc3c(F)c(CCc4ccc(Cl)cc4)ccc3c2)c(F)c1. The van der Waals surface area contributed by atoms with E-state index in [0.717, 1.165) is 23.8 Å². The zero-order valence-corrected chi connectivity index (χ0v) is 18.1. The van der Waals surface area contributed by atoms with Gasteiger partial charge >= 0.3 is 0 Å². The summed E-state index contributed by atoms with van der Waals surface area (Å²) in [5.41, 5.74) is 2.96. The monoisotopic (exact) mass is 436 g/mol. The lowest BCUT2D eigenvalue weighted by Crippen LogP contribution is -1.97. The molecule has 0 fully saturated rings. The van der Waals surface area contributed by atoms with E-state index in [-0.39, 0.29) is 11.6 Å². The first-order chi connectivity index (χ1) is 15.0. The first-order valence-electron chi connectivity index (χ1n) is 10.4. The lowest BCUT2D eigenvalue weighted by atomic mass is 9.97. The maximum atomic E-state index is 15.1. The van der Waals surface area contributed by atoms with Gasteiger partial charge in [0.05, 0.1) is 6.61 Å². The minimum Gasteiger partial charge on any atom is -0.494 e. The molecule has 0 atom stereocenters. The highest BCUT2D eigenvalue weighted by atomic mass is 35.5. The molecule has 4 aromatic carbocycles. The Morgan fingerprint density at radius 3 is 2.39 bits per heavy atom. The van der Waals surface area contributed by atoms with Crippen LogP contribution in [0.25, 0.3) is 21.9 Å². The molecule has 4 aromatic rings. The average molecular weight is 437 g/mol. The molecule has 0 unspecified atom stereocenters. The Hall–Kier alpha value is -2.91. The minimum absolute atomic E-state index is 0.221. The quantitative estimate of drug-likeness (QED) is 0.285. The molecule has 0 radical (unpaired) electrons. The van der Waals surface area contributed by atoms with Gasteiger partial charge in [0, 0.05) is 22.0 Å².